The molecule has 2 fully saturated rings. The van der Waals surface area contributed by atoms with Gasteiger partial charge in [0.2, 0.25) is 0 Å². The van der Waals surface area contributed by atoms with Crippen LogP contribution in [0.25, 0.3) is 22.0 Å². The van der Waals surface area contributed by atoms with Crippen LogP contribution in [0.4, 0.5) is 0 Å². The summed E-state index contributed by atoms with van der Waals surface area (Å²) in [5, 5.41) is 17.5. The minimum atomic E-state index is -0.0310. The highest BCUT2D eigenvalue weighted by atomic mass is 16.1. The fourth-order valence-corrected chi connectivity index (χ4v) is 4.82. The van der Waals surface area contributed by atoms with Gasteiger partial charge in [0.25, 0.3) is 0 Å². The highest BCUT2D eigenvalue weighted by Crippen LogP contribution is 2.28. The quantitative estimate of drug-likeness (QED) is 0.663. The van der Waals surface area contributed by atoms with Crippen LogP contribution in [-0.2, 0) is 24.8 Å². The third-order valence-corrected chi connectivity index (χ3v) is 6.63. The molecule has 0 unspecified atom stereocenters. The number of benzene rings is 1. The molecule has 7 nitrogen and oxygen atoms in total. The molecule has 0 amide bonds. The van der Waals surface area contributed by atoms with Gasteiger partial charge < -0.3 is 5.32 Å². The lowest BCUT2D eigenvalue weighted by Crippen LogP contribution is -2.32. The summed E-state index contributed by atoms with van der Waals surface area (Å²) in [7, 11) is 2.02. The van der Waals surface area contributed by atoms with E-state index in [1.54, 1.807) is 0 Å². The van der Waals surface area contributed by atoms with E-state index in [4.69, 9.17) is 0 Å². The molecule has 0 spiro atoms. The molecule has 7 heteroatoms. The number of rotatable bonds is 6. The highest BCUT2D eigenvalue weighted by molar-refractivity contribution is 5.88. The Kier molecular flexibility index (Phi) is 5.78. The van der Waals surface area contributed by atoms with Gasteiger partial charge in [-0.2, -0.15) is 15.3 Å². The molecule has 31 heavy (non-hydrogen) atoms. The Morgan fingerprint density at radius 3 is 2.81 bits per heavy atom. The van der Waals surface area contributed by atoms with Crippen molar-refractivity contribution in [1.29, 1.82) is 0 Å². The van der Waals surface area contributed by atoms with Crippen molar-refractivity contribution in [2.24, 2.45) is 7.05 Å². The summed E-state index contributed by atoms with van der Waals surface area (Å²) in [4.78, 5) is 15.1. The fraction of sp³-hybridized carbons (Fsp3) is 0.500. The molecule has 2 saturated heterocycles. The Morgan fingerprint density at radius 2 is 2.00 bits per heavy atom. The van der Waals surface area contributed by atoms with Gasteiger partial charge in [-0.1, -0.05) is 12.5 Å². The van der Waals surface area contributed by atoms with Gasteiger partial charge in [-0.25, -0.2) is 0 Å². The van der Waals surface area contributed by atoms with Crippen molar-refractivity contribution in [1.82, 2.24) is 30.2 Å². The molecule has 1 N–H and O–H groups in total. The molecule has 1 aromatic carbocycles. The van der Waals surface area contributed by atoms with Crippen molar-refractivity contribution < 1.29 is 4.79 Å². The number of likely N-dealkylation sites (tertiary alicyclic amines) is 1. The maximum atomic E-state index is 12.5. The Balaban J connectivity index is 1.41. The lowest BCUT2D eigenvalue weighted by molar-refractivity contribution is -0.120. The van der Waals surface area contributed by atoms with Crippen LogP contribution in [0.15, 0.2) is 30.5 Å². The molecule has 5 rings (SSSR count). The topological polar surface area (TPSA) is 75.9 Å². The van der Waals surface area contributed by atoms with Gasteiger partial charge in [0.05, 0.1) is 35.6 Å². The van der Waals surface area contributed by atoms with Gasteiger partial charge in [0.1, 0.15) is 0 Å². The normalized spacial score (nSPS) is 19.8. The SMILES string of the molecule is Cn1ncc(-c2ccc3nnc(CC(=O)[C@H]4CCCN4)cc3c2)c1CN1CCCCC1. The smallest absolute Gasteiger partial charge is 0.155 e. The van der Waals surface area contributed by atoms with E-state index in [9.17, 15) is 4.79 Å². The van der Waals surface area contributed by atoms with Crippen LogP contribution in [0.5, 0.6) is 0 Å². The average Bonchev–Trinajstić information content (AvgIpc) is 3.45. The van der Waals surface area contributed by atoms with Gasteiger partial charge >= 0.3 is 0 Å². The molecule has 2 aliphatic rings. The number of nitrogens with zero attached hydrogens (tertiary/aromatic N) is 5. The van der Waals surface area contributed by atoms with E-state index in [2.05, 4.69) is 37.6 Å². The van der Waals surface area contributed by atoms with Crippen LogP contribution < -0.4 is 5.32 Å². The van der Waals surface area contributed by atoms with Crippen molar-refractivity contribution in [3.63, 3.8) is 0 Å². The summed E-state index contributed by atoms with van der Waals surface area (Å²) < 4.78 is 2.00. The van der Waals surface area contributed by atoms with E-state index in [1.165, 1.54) is 30.5 Å². The lowest BCUT2D eigenvalue weighted by atomic mass is 10.0. The van der Waals surface area contributed by atoms with Crippen LogP contribution in [-0.4, -0.2) is 56.3 Å². The number of fused-ring (bicyclic) bond motifs is 1. The number of hydrogen-bond acceptors (Lipinski definition) is 6. The van der Waals surface area contributed by atoms with Crippen molar-refractivity contribution >= 4 is 16.7 Å². The first-order valence-corrected chi connectivity index (χ1v) is 11.4. The minimum Gasteiger partial charge on any atom is -0.307 e. The summed E-state index contributed by atoms with van der Waals surface area (Å²) >= 11 is 0. The van der Waals surface area contributed by atoms with Gasteiger partial charge in [0, 0.05) is 24.5 Å². The highest BCUT2D eigenvalue weighted by Gasteiger charge is 2.22. The summed E-state index contributed by atoms with van der Waals surface area (Å²) in [5.41, 5.74) is 5.13. The number of piperidine rings is 1. The molecule has 1 atom stereocenters. The predicted octanol–water partition coefficient (Wildman–Crippen LogP) is 2.88. The van der Waals surface area contributed by atoms with E-state index >= 15 is 0 Å². The Morgan fingerprint density at radius 1 is 1.13 bits per heavy atom. The van der Waals surface area contributed by atoms with E-state index < -0.39 is 0 Å². The first-order valence-electron chi connectivity index (χ1n) is 11.4. The van der Waals surface area contributed by atoms with Crippen LogP contribution in [0.2, 0.25) is 0 Å². The molecule has 4 heterocycles. The van der Waals surface area contributed by atoms with Crippen molar-refractivity contribution in [2.45, 2.75) is 51.1 Å². The van der Waals surface area contributed by atoms with Crippen LogP contribution >= 0.6 is 0 Å². The molecule has 3 aromatic rings. The van der Waals surface area contributed by atoms with Crippen LogP contribution in [0.1, 0.15) is 43.5 Å². The largest absolute Gasteiger partial charge is 0.307 e. The molecular weight excluding hydrogens is 388 g/mol. The number of aryl methyl sites for hydroxylation is 1. The maximum Gasteiger partial charge on any atom is 0.155 e. The van der Waals surface area contributed by atoms with E-state index in [-0.39, 0.29) is 11.8 Å². The standard InChI is InChI=1S/C24H30N6O/c1-29-23(16-30-10-3-2-4-11-30)20(15-26-29)17-7-8-21-18(12-17)13-19(27-28-21)14-24(31)22-6-5-9-25-22/h7-8,12-13,15,22,25H,2-6,9-11,14,16H2,1H3/t22-/m1/s1. The zero-order valence-corrected chi connectivity index (χ0v) is 18.2. The zero-order chi connectivity index (χ0) is 21.2. The van der Waals surface area contributed by atoms with E-state index in [1.807, 2.05) is 30.1 Å². The molecule has 2 aliphatic heterocycles. The molecule has 0 saturated carbocycles. The monoisotopic (exact) mass is 418 g/mol. The second kappa shape index (κ2) is 8.85. The first kappa shape index (κ1) is 20.3. The number of aromatic nitrogens is 4. The van der Waals surface area contributed by atoms with E-state index in [0.717, 1.165) is 61.2 Å². The maximum absolute atomic E-state index is 12.5. The predicted molar refractivity (Wildman–Crippen MR) is 121 cm³/mol. The van der Waals surface area contributed by atoms with E-state index in [0.29, 0.717) is 6.42 Å². The molecule has 2 aromatic heterocycles. The summed E-state index contributed by atoms with van der Waals surface area (Å²) in [6.07, 6.45) is 8.17. The minimum absolute atomic E-state index is 0.0310. The van der Waals surface area contributed by atoms with Crippen molar-refractivity contribution in [2.75, 3.05) is 19.6 Å². The lowest BCUT2D eigenvalue weighted by Gasteiger charge is -2.26. The zero-order valence-electron chi connectivity index (χ0n) is 18.2. The van der Waals surface area contributed by atoms with Gasteiger partial charge in [0.15, 0.2) is 5.78 Å². The summed E-state index contributed by atoms with van der Waals surface area (Å²) in [6, 6.07) is 8.25. The number of carbonyl (C=O) groups excluding carboxylic acids is 1. The number of hydrogen-bond donors (Lipinski definition) is 1. The van der Waals surface area contributed by atoms with Crippen LogP contribution in [0.3, 0.4) is 0 Å². The Bertz CT molecular complexity index is 1080. The van der Waals surface area contributed by atoms with Gasteiger partial charge in [-0.3, -0.25) is 14.4 Å². The van der Waals surface area contributed by atoms with Crippen LogP contribution in [0, 0.1) is 0 Å². The number of nitrogens with one attached hydrogen (secondary N) is 1. The fourth-order valence-electron chi connectivity index (χ4n) is 4.82. The second-order valence-electron chi connectivity index (χ2n) is 8.87. The summed E-state index contributed by atoms with van der Waals surface area (Å²) in [5.74, 6) is 0.207. The van der Waals surface area contributed by atoms with Crippen molar-refractivity contribution in [3.05, 3.63) is 41.9 Å². The molecule has 0 aliphatic carbocycles. The third kappa shape index (κ3) is 4.38. The van der Waals surface area contributed by atoms with Gasteiger partial charge in [-0.15, -0.1) is 0 Å². The molecule has 162 valence electrons. The number of Topliss-reactive ketones (excluding diaryl/α,β-unsaturated/α-hetero) is 1. The first-order chi connectivity index (χ1) is 15.2. The summed E-state index contributed by atoms with van der Waals surface area (Å²) in [6.45, 7) is 4.16. The van der Waals surface area contributed by atoms with Crippen molar-refractivity contribution in [3.8, 4) is 11.1 Å². The Labute approximate surface area is 182 Å². The number of carbonyl (C=O) groups is 1. The Hall–Kier alpha value is -2.64. The second-order valence-corrected chi connectivity index (χ2v) is 8.87. The third-order valence-electron chi connectivity index (χ3n) is 6.63. The molecule has 0 radical (unpaired) electrons. The average molecular weight is 419 g/mol. The number of ketones is 1. The van der Waals surface area contributed by atoms with Gasteiger partial charge in [-0.05, 0) is 69.1 Å². The molecular formula is C24H30N6O. The molecule has 0 bridgehead atoms.